The molecule has 0 aliphatic carbocycles. The number of halogens is 1. The highest BCUT2D eigenvalue weighted by atomic mass is 19.1. The van der Waals surface area contributed by atoms with Crippen LogP contribution in [0, 0.1) is 19.7 Å². The number of aromatic nitrogens is 2. The van der Waals surface area contributed by atoms with Gasteiger partial charge in [-0.1, -0.05) is 24.3 Å². The number of amides is 1. The topological polar surface area (TPSA) is 66.9 Å². The van der Waals surface area contributed by atoms with Crippen LogP contribution in [0.1, 0.15) is 27.0 Å². The minimum Gasteiger partial charge on any atom is -0.348 e. The standard InChI is InChI=1S/C20H19FN4O/c1-13-7-8-17(9-14(13)2)25-20-23-11-16(12-24-20)19(26)22-10-15-5-3-4-6-18(15)21/h3-9,11-12H,10H2,1-2H3,(H,22,26)(H,23,24,25). The summed E-state index contributed by atoms with van der Waals surface area (Å²) in [5, 5.41) is 5.76. The van der Waals surface area contributed by atoms with Crippen molar-refractivity contribution in [2.45, 2.75) is 20.4 Å². The van der Waals surface area contributed by atoms with Crippen molar-refractivity contribution in [1.29, 1.82) is 0 Å². The lowest BCUT2D eigenvalue weighted by molar-refractivity contribution is 0.0950. The van der Waals surface area contributed by atoms with Gasteiger partial charge in [0.15, 0.2) is 0 Å². The van der Waals surface area contributed by atoms with Crippen molar-refractivity contribution in [2.75, 3.05) is 5.32 Å². The van der Waals surface area contributed by atoms with Crippen LogP contribution in [0.2, 0.25) is 0 Å². The maximum absolute atomic E-state index is 13.6. The van der Waals surface area contributed by atoms with Gasteiger partial charge in [0.1, 0.15) is 5.82 Å². The number of hydrogen-bond donors (Lipinski definition) is 2. The van der Waals surface area contributed by atoms with E-state index in [9.17, 15) is 9.18 Å². The molecule has 3 rings (SSSR count). The lowest BCUT2D eigenvalue weighted by atomic mass is 10.1. The zero-order valence-electron chi connectivity index (χ0n) is 14.6. The van der Waals surface area contributed by atoms with Gasteiger partial charge in [-0.15, -0.1) is 0 Å². The Morgan fingerprint density at radius 2 is 1.77 bits per heavy atom. The summed E-state index contributed by atoms with van der Waals surface area (Å²) in [6.45, 7) is 4.18. The number of benzene rings is 2. The number of carbonyl (C=O) groups excluding carboxylic acids is 1. The summed E-state index contributed by atoms with van der Waals surface area (Å²) in [6.07, 6.45) is 2.88. The summed E-state index contributed by atoms with van der Waals surface area (Å²) in [5.74, 6) is -0.304. The molecule has 5 nitrogen and oxygen atoms in total. The summed E-state index contributed by atoms with van der Waals surface area (Å²) < 4.78 is 13.6. The molecule has 0 aliphatic heterocycles. The Labute approximate surface area is 151 Å². The van der Waals surface area contributed by atoms with Crippen LogP contribution < -0.4 is 10.6 Å². The van der Waals surface area contributed by atoms with Gasteiger partial charge < -0.3 is 10.6 Å². The van der Waals surface area contributed by atoms with E-state index in [-0.39, 0.29) is 18.3 Å². The first-order valence-electron chi connectivity index (χ1n) is 8.21. The number of nitrogens with zero attached hydrogens (tertiary/aromatic N) is 2. The first-order chi connectivity index (χ1) is 12.5. The molecular formula is C20H19FN4O. The zero-order chi connectivity index (χ0) is 18.5. The van der Waals surface area contributed by atoms with Crippen LogP contribution in [0.15, 0.2) is 54.9 Å². The van der Waals surface area contributed by atoms with Crippen LogP contribution in [-0.4, -0.2) is 15.9 Å². The van der Waals surface area contributed by atoms with Crippen LogP contribution in [0.4, 0.5) is 16.0 Å². The quantitative estimate of drug-likeness (QED) is 0.732. The third-order valence-corrected chi connectivity index (χ3v) is 4.07. The van der Waals surface area contributed by atoms with Crippen molar-refractivity contribution in [2.24, 2.45) is 0 Å². The second kappa shape index (κ2) is 7.74. The van der Waals surface area contributed by atoms with Crippen LogP contribution in [0.5, 0.6) is 0 Å². The molecule has 0 saturated carbocycles. The van der Waals surface area contributed by atoms with Crippen molar-refractivity contribution < 1.29 is 9.18 Å². The van der Waals surface area contributed by atoms with Crippen LogP contribution in [0.25, 0.3) is 0 Å². The number of nitrogens with one attached hydrogen (secondary N) is 2. The van der Waals surface area contributed by atoms with Crippen molar-refractivity contribution in [3.63, 3.8) is 0 Å². The molecule has 1 amide bonds. The van der Waals surface area contributed by atoms with Gasteiger partial charge in [0.2, 0.25) is 5.95 Å². The Kier molecular flexibility index (Phi) is 5.22. The first kappa shape index (κ1) is 17.5. The van der Waals surface area contributed by atoms with Gasteiger partial charge in [-0.2, -0.15) is 0 Å². The molecule has 2 N–H and O–H groups in total. The van der Waals surface area contributed by atoms with E-state index in [4.69, 9.17) is 0 Å². The zero-order valence-corrected chi connectivity index (χ0v) is 14.6. The lowest BCUT2D eigenvalue weighted by Gasteiger charge is -2.08. The first-order valence-corrected chi connectivity index (χ1v) is 8.21. The normalized spacial score (nSPS) is 10.4. The van der Waals surface area contributed by atoms with E-state index in [1.165, 1.54) is 29.6 Å². The van der Waals surface area contributed by atoms with Crippen LogP contribution in [-0.2, 0) is 6.54 Å². The molecule has 1 aromatic heterocycles. The number of rotatable bonds is 5. The van der Waals surface area contributed by atoms with E-state index in [1.807, 2.05) is 32.0 Å². The highest BCUT2D eigenvalue weighted by molar-refractivity contribution is 5.93. The Morgan fingerprint density at radius 1 is 1.04 bits per heavy atom. The van der Waals surface area contributed by atoms with Crippen LogP contribution >= 0.6 is 0 Å². The number of hydrogen-bond acceptors (Lipinski definition) is 4. The fourth-order valence-corrected chi connectivity index (χ4v) is 2.38. The van der Waals surface area contributed by atoms with Gasteiger partial charge in [-0.05, 0) is 43.2 Å². The molecule has 0 saturated heterocycles. The van der Waals surface area contributed by atoms with E-state index in [2.05, 4.69) is 20.6 Å². The highest BCUT2D eigenvalue weighted by Crippen LogP contribution is 2.17. The van der Waals surface area contributed by atoms with Gasteiger partial charge in [-0.3, -0.25) is 4.79 Å². The second-order valence-corrected chi connectivity index (χ2v) is 5.99. The van der Waals surface area contributed by atoms with Crippen molar-refractivity contribution in [1.82, 2.24) is 15.3 Å². The SMILES string of the molecule is Cc1ccc(Nc2ncc(C(=O)NCc3ccccc3F)cn2)cc1C. The van der Waals surface area contributed by atoms with Crippen molar-refractivity contribution in [3.05, 3.63) is 82.9 Å². The van der Waals surface area contributed by atoms with Crippen molar-refractivity contribution >= 4 is 17.5 Å². The molecule has 3 aromatic rings. The van der Waals surface area contributed by atoms with Gasteiger partial charge in [0.05, 0.1) is 5.56 Å². The minimum atomic E-state index is -0.356. The van der Waals surface area contributed by atoms with E-state index in [0.29, 0.717) is 17.1 Å². The van der Waals surface area contributed by atoms with Crippen molar-refractivity contribution in [3.8, 4) is 0 Å². The van der Waals surface area contributed by atoms with E-state index >= 15 is 0 Å². The molecule has 26 heavy (non-hydrogen) atoms. The lowest BCUT2D eigenvalue weighted by Crippen LogP contribution is -2.23. The largest absolute Gasteiger partial charge is 0.348 e. The fraction of sp³-hybridized carbons (Fsp3) is 0.150. The fourth-order valence-electron chi connectivity index (χ4n) is 2.38. The van der Waals surface area contributed by atoms with Gasteiger partial charge in [-0.25, -0.2) is 14.4 Å². The molecule has 0 radical (unpaired) electrons. The van der Waals surface area contributed by atoms with Gasteiger partial charge in [0.25, 0.3) is 5.91 Å². The Bertz CT molecular complexity index is 925. The van der Waals surface area contributed by atoms with E-state index < -0.39 is 0 Å². The monoisotopic (exact) mass is 350 g/mol. The summed E-state index contributed by atoms with van der Waals surface area (Å²) in [6, 6.07) is 12.3. The molecular weight excluding hydrogens is 331 g/mol. The summed E-state index contributed by atoms with van der Waals surface area (Å²) in [5.41, 5.74) is 3.99. The van der Waals surface area contributed by atoms with E-state index in [0.717, 1.165) is 5.69 Å². The predicted octanol–water partition coefficient (Wildman–Crippen LogP) is 3.91. The average molecular weight is 350 g/mol. The minimum absolute atomic E-state index is 0.105. The number of carbonyl (C=O) groups is 1. The predicted molar refractivity (Wildman–Crippen MR) is 98.8 cm³/mol. The number of aryl methyl sites for hydroxylation is 2. The summed E-state index contributed by atoms with van der Waals surface area (Å²) in [7, 11) is 0. The Balaban J connectivity index is 1.62. The molecule has 132 valence electrons. The second-order valence-electron chi connectivity index (χ2n) is 5.99. The smallest absolute Gasteiger partial charge is 0.254 e. The van der Waals surface area contributed by atoms with Gasteiger partial charge in [0, 0.05) is 30.2 Å². The maximum Gasteiger partial charge on any atom is 0.254 e. The van der Waals surface area contributed by atoms with Crippen LogP contribution in [0.3, 0.4) is 0 Å². The molecule has 0 aliphatic rings. The molecule has 1 heterocycles. The Hall–Kier alpha value is -3.28. The molecule has 0 unspecified atom stereocenters. The number of anilines is 2. The third kappa shape index (κ3) is 4.22. The molecule has 0 spiro atoms. The molecule has 0 fully saturated rings. The summed E-state index contributed by atoms with van der Waals surface area (Å²) >= 11 is 0. The molecule has 6 heteroatoms. The Morgan fingerprint density at radius 3 is 2.46 bits per heavy atom. The molecule has 2 aromatic carbocycles. The third-order valence-electron chi connectivity index (χ3n) is 4.07. The molecule has 0 atom stereocenters. The van der Waals surface area contributed by atoms with Gasteiger partial charge >= 0.3 is 0 Å². The molecule has 0 bridgehead atoms. The summed E-state index contributed by atoms with van der Waals surface area (Å²) in [4.78, 5) is 20.5. The highest BCUT2D eigenvalue weighted by Gasteiger charge is 2.09. The van der Waals surface area contributed by atoms with E-state index in [1.54, 1.807) is 18.2 Å². The average Bonchev–Trinajstić information content (AvgIpc) is 2.64. The maximum atomic E-state index is 13.6.